The van der Waals surface area contributed by atoms with E-state index in [1.54, 1.807) is 0 Å². The molecule has 0 unspecified atom stereocenters. The minimum absolute atomic E-state index is 0. The van der Waals surface area contributed by atoms with Crippen molar-refractivity contribution in [2.45, 2.75) is 26.3 Å². The van der Waals surface area contributed by atoms with E-state index in [0.29, 0.717) is 11.5 Å². The van der Waals surface area contributed by atoms with Crippen molar-refractivity contribution in [3.05, 3.63) is 152 Å². The molecule has 7 heteroatoms. The van der Waals surface area contributed by atoms with Crippen LogP contribution in [0, 0.1) is 18.8 Å². The Balaban J connectivity index is 0.00000349. The topological polar surface area (TPSA) is 37.4 Å². The molecule has 0 amide bonds. The monoisotopic (exact) mass is 865 g/mol. The Labute approximate surface area is 320 Å². The standard InChI is InChI=1S/C46H32N5O.Pt/c1-46(2,3)49-28-48(39-20-6-7-21-40(39)49)29-12-8-13-30(26-29)52-31-23-24-33-35-16-10-18-37-36-17-9-15-34-32-14-4-5-19-38(32)50(43(34)36)41-22-11-25-47-45(41)51(44(35)37)42(33)27-31;/h4-25,28H,1-3H3;/q-3;. The predicted molar refractivity (Wildman–Crippen MR) is 213 cm³/mol. The van der Waals surface area contributed by atoms with E-state index in [2.05, 4.69) is 161 Å². The van der Waals surface area contributed by atoms with Crippen molar-refractivity contribution >= 4 is 82.6 Å². The van der Waals surface area contributed by atoms with Gasteiger partial charge in [-0.05, 0) is 56.5 Å². The summed E-state index contributed by atoms with van der Waals surface area (Å²) in [5.41, 5.74) is 9.31. The van der Waals surface area contributed by atoms with Gasteiger partial charge in [0.1, 0.15) is 0 Å². The molecule has 6 aromatic carbocycles. The maximum atomic E-state index is 6.60. The molecule has 5 heterocycles. The third-order valence-corrected chi connectivity index (χ3v) is 10.5. The first-order valence-electron chi connectivity index (χ1n) is 17.6. The van der Waals surface area contributed by atoms with Crippen molar-refractivity contribution < 1.29 is 25.8 Å². The van der Waals surface area contributed by atoms with Crippen molar-refractivity contribution in [3.63, 3.8) is 0 Å². The quantitative estimate of drug-likeness (QED) is 0.166. The normalized spacial score (nSPS) is 13.3. The van der Waals surface area contributed by atoms with Crippen LogP contribution in [-0.2, 0) is 21.1 Å². The number of benzene rings is 6. The molecule has 4 aromatic heterocycles. The average molecular weight is 866 g/mol. The summed E-state index contributed by atoms with van der Waals surface area (Å²) in [6.07, 6.45) is 1.88. The van der Waals surface area contributed by atoms with Crippen molar-refractivity contribution in [1.29, 1.82) is 0 Å². The minimum atomic E-state index is -0.0852. The summed E-state index contributed by atoms with van der Waals surface area (Å²) in [5, 5.41) is 7.03. The molecule has 0 bridgehead atoms. The molecule has 260 valence electrons. The van der Waals surface area contributed by atoms with Gasteiger partial charge in [0, 0.05) is 82.7 Å². The average Bonchev–Trinajstić information content (AvgIpc) is 3.83. The second-order valence-corrected chi connectivity index (χ2v) is 14.5. The number of anilines is 3. The van der Waals surface area contributed by atoms with Crippen LogP contribution < -0.4 is 14.5 Å². The summed E-state index contributed by atoms with van der Waals surface area (Å²) < 4.78 is 11.3. The van der Waals surface area contributed by atoms with Crippen molar-refractivity contribution in [2.24, 2.45) is 0 Å². The van der Waals surface area contributed by atoms with Gasteiger partial charge in [-0.15, -0.1) is 41.4 Å². The maximum Gasteiger partial charge on any atom is 0.160 e. The van der Waals surface area contributed by atoms with E-state index < -0.39 is 0 Å². The Morgan fingerprint density at radius 1 is 0.566 bits per heavy atom. The molecule has 0 saturated heterocycles. The van der Waals surface area contributed by atoms with Crippen LogP contribution in [0.5, 0.6) is 11.5 Å². The number of hydrogen-bond donors (Lipinski definition) is 0. The van der Waals surface area contributed by atoms with Crippen LogP contribution >= 0.6 is 0 Å². The van der Waals surface area contributed by atoms with E-state index in [9.17, 15) is 0 Å². The van der Waals surface area contributed by atoms with Crippen molar-refractivity contribution in [3.8, 4) is 11.5 Å². The number of hydrogen-bond acceptors (Lipinski definition) is 4. The first-order valence-corrected chi connectivity index (χ1v) is 17.6. The third-order valence-electron chi connectivity index (χ3n) is 10.5. The van der Waals surface area contributed by atoms with Crippen LogP contribution in [-0.4, -0.2) is 19.3 Å². The van der Waals surface area contributed by atoms with Crippen LogP contribution in [0.3, 0.4) is 0 Å². The van der Waals surface area contributed by atoms with Gasteiger partial charge in [-0.25, -0.2) is 4.98 Å². The van der Waals surface area contributed by atoms with E-state index in [0.717, 1.165) is 55.2 Å². The molecule has 6 nitrogen and oxygen atoms in total. The van der Waals surface area contributed by atoms with Gasteiger partial charge < -0.3 is 23.3 Å². The second kappa shape index (κ2) is 11.6. The first-order chi connectivity index (χ1) is 25.4. The Hall–Kier alpha value is -5.84. The molecular weight excluding hydrogens is 834 g/mol. The molecule has 10 aromatic rings. The smallest absolute Gasteiger partial charge is 0.160 e. The van der Waals surface area contributed by atoms with Crippen molar-refractivity contribution in [2.75, 3.05) is 9.80 Å². The summed E-state index contributed by atoms with van der Waals surface area (Å²) in [6, 6.07) is 52.0. The number of pyridine rings is 1. The largest absolute Gasteiger partial charge is 0.509 e. The van der Waals surface area contributed by atoms with Crippen LogP contribution in [0.15, 0.2) is 134 Å². The molecule has 1 aliphatic rings. The summed E-state index contributed by atoms with van der Waals surface area (Å²) in [6.45, 7) is 8.82. The molecule has 53 heavy (non-hydrogen) atoms. The van der Waals surface area contributed by atoms with E-state index >= 15 is 0 Å². The van der Waals surface area contributed by atoms with Gasteiger partial charge in [-0.1, -0.05) is 72.2 Å². The Kier molecular flexibility index (Phi) is 6.96. The van der Waals surface area contributed by atoms with E-state index in [1.807, 2.05) is 30.5 Å². The molecule has 1 aliphatic heterocycles. The SMILES string of the molecule is CC(C)(C)N1[CH-]N(c2[c-]c(Oc3[c-]c4c(cc3)c3cccc5c6cccc7c8ccccc8n(c8cccnc8n4c35)c76)ccc2)c2ccccc21.[Pt]. The molecule has 0 fully saturated rings. The van der Waals surface area contributed by atoms with E-state index in [-0.39, 0.29) is 26.6 Å². The van der Waals surface area contributed by atoms with Gasteiger partial charge in [0.05, 0.1) is 16.6 Å². The number of fused-ring (bicyclic) bond motifs is 11. The molecule has 11 rings (SSSR count). The maximum absolute atomic E-state index is 6.60. The molecule has 0 radical (unpaired) electrons. The fraction of sp³-hybridized carbons (Fsp3) is 0.0870. The summed E-state index contributed by atoms with van der Waals surface area (Å²) in [4.78, 5) is 9.57. The van der Waals surface area contributed by atoms with Gasteiger partial charge in [0.2, 0.25) is 0 Å². The van der Waals surface area contributed by atoms with E-state index in [4.69, 9.17) is 9.72 Å². The first kappa shape index (κ1) is 31.9. The predicted octanol–water partition coefficient (Wildman–Crippen LogP) is 11.6. The van der Waals surface area contributed by atoms with Gasteiger partial charge in [-0.2, -0.15) is 18.8 Å². The second-order valence-electron chi connectivity index (χ2n) is 14.5. The van der Waals surface area contributed by atoms with Crippen LogP contribution in [0.1, 0.15) is 20.8 Å². The molecule has 0 saturated carbocycles. The number of para-hydroxylation sites is 5. The van der Waals surface area contributed by atoms with Crippen LogP contribution in [0.4, 0.5) is 17.1 Å². The fourth-order valence-electron chi connectivity index (χ4n) is 8.27. The fourth-order valence-corrected chi connectivity index (χ4v) is 8.27. The van der Waals surface area contributed by atoms with Gasteiger partial charge >= 0.3 is 0 Å². The minimum Gasteiger partial charge on any atom is -0.509 e. The summed E-state index contributed by atoms with van der Waals surface area (Å²) >= 11 is 0. The summed E-state index contributed by atoms with van der Waals surface area (Å²) in [5.74, 6) is 1.23. The molecule has 0 atom stereocenters. The van der Waals surface area contributed by atoms with Gasteiger partial charge in [-0.3, -0.25) is 0 Å². The Morgan fingerprint density at radius 3 is 1.98 bits per heavy atom. The molecule has 0 aliphatic carbocycles. The van der Waals surface area contributed by atoms with Gasteiger partial charge in [0.15, 0.2) is 5.65 Å². The van der Waals surface area contributed by atoms with E-state index in [1.165, 1.54) is 27.4 Å². The zero-order chi connectivity index (χ0) is 34.7. The van der Waals surface area contributed by atoms with Crippen LogP contribution in [0.25, 0.3) is 65.5 Å². The number of rotatable bonds is 3. The summed E-state index contributed by atoms with van der Waals surface area (Å²) in [7, 11) is 0. The van der Waals surface area contributed by atoms with Crippen molar-refractivity contribution in [1.82, 2.24) is 13.8 Å². The Bertz CT molecular complexity index is 3100. The Morgan fingerprint density at radius 2 is 1.19 bits per heavy atom. The van der Waals surface area contributed by atoms with Gasteiger partial charge in [0.25, 0.3) is 0 Å². The molecule has 0 spiro atoms. The number of nitrogens with zero attached hydrogens (tertiary/aromatic N) is 5. The van der Waals surface area contributed by atoms with Crippen LogP contribution in [0.2, 0.25) is 0 Å². The number of aromatic nitrogens is 3. The zero-order valence-corrected chi connectivity index (χ0v) is 31.5. The molecule has 0 N–H and O–H groups in total. The third kappa shape index (κ3) is 4.58. The zero-order valence-electron chi connectivity index (χ0n) is 29.2. The number of ether oxygens (including phenoxy) is 1. The molecular formula is C46H32N5OPt-3.